The van der Waals surface area contributed by atoms with Gasteiger partial charge >= 0.3 is 24.8 Å². The van der Waals surface area contributed by atoms with Crippen LogP contribution in [0.2, 0.25) is 0 Å². The number of nitrogens with zero attached hydrogens (tertiary/aromatic N) is 1. The molecule has 0 aliphatic heterocycles. The molecule has 0 bridgehead atoms. The second kappa shape index (κ2) is 37.0. The van der Waals surface area contributed by atoms with Gasteiger partial charge in [0.2, 0.25) is 0 Å². The van der Waals surface area contributed by atoms with Gasteiger partial charge < -0.3 is 0 Å². The number of rotatable bonds is 14. The molecule has 0 aliphatic rings. The molecule has 0 unspecified atom stereocenters. The number of alkyl halides is 3. The average Bonchev–Trinajstić information content (AvgIpc) is 4.35. The Hall–Kier alpha value is -3.02. The standard InChI is InChI=1S/C38H32S5.C12H6Br2S3.C12H8S3.CHCl3.CH4.BHNS/c1-5-9-11-13-15-17-29-27(7-3)25-37(39-29)35-23-21-33(42-35)31-19-20-32(41-31)34-22-24-36(43-34)38-26-28(8-4)30(40-38)18-16-14-12-10-6-2;13-11-5-3-9(16-11)7-1-2-8(15-7)10-4-6-12(14)17-10;1-3-9(13-7-1)11-5-6-12(15-11)10-4-2-8-14-10;2-1(3)4;;1-2-3/h3-4,19-26H,5-6,9-14H2,1-2H3;1-6H;1-8H;1H;1H4;3H. The number of terminal acetylenes is 2. The summed E-state index contributed by atoms with van der Waals surface area (Å²) in [5, 5.41) is 4.25. The van der Waals surface area contributed by atoms with E-state index in [9.17, 15) is 0 Å². The molecule has 11 aromatic heterocycles. The number of thiophene rings is 11. The van der Waals surface area contributed by atoms with Crippen molar-refractivity contribution in [3.63, 3.8) is 0 Å². The van der Waals surface area contributed by atoms with E-state index in [4.69, 9.17) is 47.6 Å². The maximum Gasteiger partial charge on any atom is 0.0449 e. The average molecular weight is 1500 g/mol. The van der Waals surface area contributed by atoms with Crippen molar-refractivity contribution in [2.75, 3.05) is 0 Å². The molecule has 1 radical (unpaired) electrons. The normalized spacial score (nSPS) is 10.1. The number of halogens is 5. The van der Waals surface area contributed by atoms with Crippen LogP contribution >= 0.6 is 204 Å². The van der Waals surface area contributed by atoms with Crippen molar-refractivity contribution in [3.05, 3.63) is 161 Å². The second-order valence-corrected chi connectivity index (χ2v) is 33.4. The van der Waals surface area contributed by atoms with Gasteiger partial charge in [-0.3, -0.25) is 0 Å². The molecule has 423 valence electrons. The molecule has 0 aliphatic carbocycles. The van der Waals surface area contributed by atoms with Gasteiger partial charge in [0, 0.05) is 90.9 Å². The van der Waals surface area contributed by atoms with Gasteiger partial charge in [0.15, 0.2) is 4.30 Å². The number of hydrogen-bond donors (Lipinski definition) is 1. The van der Waals surface area contributed by atoms with Crippen molar-refractivity contribution >= 4 is 212 Å². The molecule has 83 heavy (non-hydrogen) atoms. The van der Waals surface area contributed by atoms with E-state index in [1.807, 2.05) is 56.7 Å². The fraction of sp³-hybridized carbons (Fsp3) is 0.188. The monoisotopic (exact) mass is 1490 g/mol. The molecular weight excluding hydrogens is 1440 g/mol. The Morgan fingerprint density at radius 1 is 0.458 bits per heavy atom. The maximum atomic E-state index is 5.82. The van der Waals surface area contributed by atoms with Crippen molar-refractivity contribution in [2.45, 2.75) is 76.9 Å². The first-order valence-corrected chi connectivity index (χ1v) is 37.6. The third kappa shape index (κ3) is 21.4. The Labute approximate surface area is 572 Å². The number of hydrogen-bond acceptors (Lipinski definition) is 13. The molecule has 0 spiro atoms. The van der Waals surface area contributed by atoms with Gasteiger partial charge in [-0.05, 0) is 165 Å². The van der Waals surface area contributed by atoms with Crippen LogP contribution < -0.4 is 0 Å². The SMILES string of the molecule is Brc1ccc(-c2ccc(-c3ccc(Br)s3)s2)s1.C.C#Cc1cc(-c2ccc(-c3ccc(-c4ccc(-c5cc(C#C)c(C#CCCCCC)s5)s4)s3)s2)sc1C#CCCCCC.ClC(Cl)Cl.[B]=NS.c1csc(-c2ccc(-c3cccs3)s2)c1. The minimum atomic E-state index is -0.750. The molecule has 0 saturated heterocycles. The quantitative estimate of drug-likeness (QED) is 0.0366. The van der Waals surface area contributed by atoms with Gasteiger partial charge in [-0.1, -0.05) is 129 Å². The summed E-state index contributed by atoms with van der Waals surface area (Å²) in [6.07, 6.45) is 20.6. The van der Waals surface area contributed by atoms with Crippen LogP contribution in [-0.2, 0) is 0 Å². The predicted octanol–water partition coefficient (Wildman–Crippen LogP) is 27.2. The Bertz CT molecular complexity index is 3680. The van der Waals surface area contributed by atoms with E-state index < -0.39 is 4.30 Å². The summed E-state index contributed by atoms with van der Waals surface area (Å²) in [7, 11) is 4.34. The van der Waals surface area contributed by atoms with E-state index in [0.717, 1.165) is 46.6 Å². The van der Waals surface area contributed by atoms with Crippen LogP contribution in [0.1, 0.15) is 93.5 Å². The third-order valence-corrected chi connectivity index (χ3v) is 25.2. The van der Waals surface area contributed by atoms with E-state index in [0.29, 0.717) is 0 Å². The Kier molecular flexibility index (Phi) is 30.8. The van der Waals surface area contributed by atoms with Crippen molar-refractivity contribution in [3.8, 4) is 126 Å². The number of thiol groups is 1. The topological polar surface area (TPSA) is 12.4 Å². The summed E-state index contributed by atoms with van der Waals surface area (Å²) in [6.45, 7) is 4.42. The van der Waals surface area contributed by atoms with E-state index >= 15 is 0 Å². The first kappa shape index (κ1) is 69.1. The molecule has 0 amide bonds. The summed E-state index contributed by atoms with van der Waals surface area (Å²) in [4.78, 5) is 22.7. The summed E-state index contributed by atoms with van der Waals surface area (Å²) in [5.41, 5.74) is 1.80. The fourth-order valence-corrected chi connectivity index (χ4v) is 19.4. The van der Waals surface area contributed by atoms with Crippen LogP contribution in [0.4, 0.5) is 0 Å². The molecule has 0 fully saturated rings. The summed E-state index contributed by atoms with van der Waals surface area (Å²) >= 11 is 44.3. The zero-order chi connectivity index (χ0) is 58.2. The molecule has 1 nitrogen and oxygen atoms in total. The van der Waals surface area contributed by atoms with E-state index in [1.165, 1.54) is 111 Å². The Morgan fingerprint density at radius 2 is 0.735 bits per heavy atom. The van der Waals surface area contributed by atoms with Gasteiger partial charge in [-0.2, -0.15) is 0 Å². The minimum absolute atomic E-state index is 0. The molecule has 0 atom stereocenters. The summed E-state index contributed by atoms with van der Waals surface area (Å²) < 4.78 is 4.31. The molecule has 11 aromatic rings. The van der Waals surface area contributed by atoms with E-state index in [-0.39, 0.29) is 7.43 Å². The summed E-state index contributed by atoms with van der Waals surface area (Å²) in [5.74, 6) is 19.0. The van der Waals surface area contributed by atoms with Crippen molar-refractivity contribution in [2.24, 2.45) is 4.30 Å². The zero-order valence-electron chi connectivity index (χ0n) is 43.9. The van der Waals surface area contributed by atoms with Crippen molar-refractivity contribution in [1.82, 2.24) is 0 Å². The maximum absolute atomic E-state index is 5.82. The van der Waals surface area contributed by atoms with Crippen LogP contribution in [0.5, 0.6) is 0 Å². The molecule has 11 heterocycles. The molecule has 0 N–H and O–H groups in total. The first-order chi connectivity index (χ1) is 39.9. The third-order valence-electron chi connectivity index (χ3n) is 11.2. The Balaban J connectivity index is 0.000000223. The smallest absolute Gasteiger partial charge is 0.0449 e. The minimum Gasteiger partial charge on any atom is -0.143 e. The molecule has 11 rings (SSSR count). The van der Waals surface area contributed by atoms with Gasteiger partial charge in [-0.25, -0.2) is 0 Å². The molecular formula is C64H52BBr2Cl3NS12. The molecule has 0 saturated carbocycles. The van der Waals surface area contributed by atoms with E-state index in [1.54, 1.807) is 68.0 Å². The number of unbranched alkanes of at least 4 members (excludes halogenated alkanes) is 6. The van der Waals surface area contributed by atoms with E-state index in [2.05, 4.69) is 238 Å². The van der Waals surface area contributed by atoms with Gasteiger partial charge in [-0.15, -0.1) is 138 Å². The first-order valence-electron chi connectivity index (χ1n) is 25.2. The zero-order valence-corrected chi connectivity index (χ0v) is 59.3. The molecule has 0 aromatic carbocycles. The van der Waals surface area contributed by atoms with Gasteiger partial charge in [0.05, 0.1) is 28.5 Å². The largest absolute Gasteiger partial charge is 0.143 e. The summed E-state index contributed by atoms with van der Waals surface area (Å²) in [6, 6.07) is 43.5. The second-order valence-electron chi connectivity index (χ2n) is 16.9. The van der Waals surface area contributed by atoms with Crippen LogP contribution in [0.15, 0.2) is 144 Å². The van der Waals surface area contributed by atoms with Crippen LogP contribution in [0.3, 0.4) is 0 Å². The van der Waals surface area contributed by atoms with Crippen LogP contribution in [0.25, 0.3) is 78.0 Å². The van der Waals surface area contributed by atoms with Crippen LogP contribution in [0, 0.1) is 48.4 Å². The Morgan fingerprint density at radius 3 is 0.988 bits per heavy atom. The van der Waals surface area contributed by atoms with Gasteiger partial charge in [0.1, 0.15) is 0 Å². The van der Waals surface area contributed by atoms with Crippen molar-refractivity contribution < 1.29 is 0 Å². The van der Waals surface area contributed by atoms with Gasteiger partial charge in [0.25, 0.3) is 0 Å². The molecule has 19 heteroatoms. The van der Waals surface area contributed by atoms with Crippen LogP contribution in [-0.4, -0.2) is 11.9 Å². The fourth-order valence-electron chi connectivity index (χ4n) is 7.38. The predicted molar refractivity (Wildman–Crippen MR) is 398 cm³/mol. The van der Waals surface area contributed by atoms with Crippen molar-refractivity contribution in [1.29, 1.82) is 0 Å².